The van der Waals surface area contributed by atoms with Crippen molar-refractivity contribution in [2.24, 2.45) is 0 Å². The molecule has 2 N–H and O–H groups in total. The summed E-state index contributed by atoms with van der Waals surface area (Å²) in [6.07, 6.45) is 9.97. The number of hydrogen-bond donors (Lipinski definition) is 2. The molecule has 8 nitrogen and oxygen atoms in total. The molecular formula is C36H43N3O5S. The minimum absolute atomic E-state index is 0.0306. The predicted octanol–water partition coefficient (Wildman–Crippen LogP) is 5.85. The van der Waals surface area contributed by atoms with Crippen LogP contribution in [0.1, 0.15) is 74.1 Å². The first-order valence-electron chi connectivity index (χ1n) is 15.9. The highest BCUT2D eigenvalue weighted by atomic mass is 32.2. The lowest BCUT2D eigenvalue weighted by Gasteiger charge is -2.32. The molecule has 2 amide bonds. The molecule has 0 spiro atoms. The zero-order valence-corrected chi connectivity index (χ0v) is 26.7. The summed E-state index contributed by atoms with van der Waals surface area (Å²) in [5.74, 6) is 0.331. The molecule has 0 aliphatic heterocycles. The second kappa shape index (κ2) is 15.4. The molecule has 238 valence electrons. The van der Waals surface area contributed by atoms with Crippen LogP contribution in [0.2, 0.25) is 0 Å². The number of sulfonamides is 1. The third-order valence-corrected chi connectivity index (χ3v) is 9.93. The summed E-state index contributed by atoms with van der Waals surface area (Å²) in [6.45, 7) is 0.758. The molecule has 1 atom stereocenters. The van der Waals surface area contributed by atoms with Crippen LogP contribution >= 0.6 is 0 Å². The van der Waals surface area contributed by atoms with Gasteiger partial charge in [0.2, 0.25) is 21.8 Å². The van der Waals surface area contributed by atoms with Gasteiger partial charge in [0.25, 0.3) is 0 Å². The van der Waals surface area contributed by atoms with E-state index in [4.69, 9.17) is 4.74 Å². The Balaban J connectivity index is 1.34. The standard InChI is InChI=1S/C36H43N3O5S/c1-44-32-19-12-29(13-20-32)26-39(34(40)23-16-28-14-21-33(22-15-28)45(42,43)38-31-17-18-31)35(30-10-6-3-7-11-30)36(41)37-25-24-27-8-4-2-5-9-27/h3,6-8,10-15,19-22,31,35,38H,2,4-5,9,16-18,23-26H2,1H3,(H,37,41). The maximum atomic E-state index is 14.0. The summed E-state index contributed by atoms with van der Waals surface area (Å²) in [5, 5.41) is 3.12. The summed E-state index contributed by atoms with van der Waals surface area (Å²) < 4.78 is 33.2. The summed E-state index contributed by atoms with van der Waals surface area (Å²) in [6, 6.07) is 22.8. The van der Waals surface area contributed by atoms with Crippen LogP contribution in [-0.2, 0) is 32.6 Å². The predicted molar refractivity (Wildman–Crippen MR) is 175 cm³/mol. The van der Waals surface area contributed by atoms with Gasteiger partial charge in [-0.3, -0.25) is 9.59 Å². The third-order valence-electron chi connectivity index (χ3n) is 8.40. The molecule has 45 heavy (non-hydrogen) atoms. The lowest BCUT2D eigenvalue weighted by atomic mass is 9.97. The van der Waals surface area contributed by atoms with E-state index in [2.05, 4.69) is 16.1 Å². The fraction of sp³-hybridized carbons (Fsp3) is 0.389. The number of aryl methyl sites for hydroxylation is 1. The molecule has 9 heteroatoms. The molecular weight excluding hydrogens is 586 g/mol. The first-order chi connectivity index (χ1) is 21.8. The van der Waals surface area contributed by atoms with Crippen molar-refractivity contribution in [1.29, 1.82) is 0 Å². The van der Waals surface area contributed by atoms with E-state index >= 15 is 0 Å². The number of benzene rings is 3. The average Bonchev–Trinajstić information content (AvgIpc) is 3.88. The summed E-state index contributed by atoms with van der Waals surface area (Å²) >= 11 is 0. The molecule has 0 bridgehead atoms. The van der Waals surface area contributed by atoms with Crippen molar-refractivity contribution in [3.8, 4) is 5.75 Å². The van der Waals surface area contributed by atoms with Crippen LogP contribution in [0.5, 0.6) is 5.75 Å². The quantitative estimate of drug-likeness (QED) is 0.206. The summed E-state index contributed by atoms with van der Waals surface area (Å²) in [4.78, 5) is 29.8. The Morgan fingerprint density at radius 1 is 0.911 bits per heavy atom. The molecule has 1 saturated carbocycles. The molecule has 5 rings (SSSR count). The SMILES string of the molecule is COc1ccc(CN(C(=O)CCc2ccc(S(=O)(=O)NC3CC3)cc2)C(C(=O)NCCC2=CCCCC2)c2ccccc2)cc1. The van der Waals surface area contributed by atoms with Crippen LogP contribution < -0.4 is 14.8 Å². The van der Waals surface area contributed by atoms with Crippen LogP contribution in [-0.4, -0.2) is 44.8 Å². The summed E-state index contributed by atoms with van der Waals surface area (Å²) in [5.41, 5.74) is 3.85. The Kier molecular flexibility index (Phi) is 11.1. The van der Waals surface area contributed by atoms with E-state index in [1.165, 1.54) is 18.4 Å². The Morgan fingerprint density at radius 3 is 2.27 bits per heavy atom. The molecule has 2 aliphatic rings. The molecule has 3 aromatic rings. The van der Waals surface area contributed by atoms with Gasteiger partial charge < -0.3 is 15.0 Å². The highest BCUT2D eigenvalue weighted by Crippen LogP contribution is 2.27. The van der Waals surface area contributed by atoms with Crippen molar-refractivity contribution in [3.05, 3.63) is 107 Å². The van der Waals surface area contributed by atoms with Gasteiger partial charge in [-0.05, 0) is 92.3 Å². The highest BCUT2D eigenvalue weighted by molar-refractivity contribution is 7.89. The van der Waals surface area contributed by atoms with E-state index in [1.807, 2.05) is 54.6 Å². The zero-order valence-electron chi connectivity index (χ0n) is 25.9. The highest BCUT2D eigenvalue weighted by Gasteiger charge is 2.32. The van der Waals surface area contributed by atoms with E-state index in [0.717, 1.165) is 48.8 Å². The lowest BCUT2D eigenvalue weighted by molar-refractivity contribution is -0.141. The molecule has 0 aromatic heterocycles. The minimum Gasteiger partial charge on any atom is -0.497 e. The minimum atomic E-state index is -3.55. The van der Waals surface area contributed by atoms with E-state index in [1.54, 1.807) is 36.3 Å². The Morgan fingerprint density at radius 2 is 1.62 bits per heavy atom. The van der Waals surface area contributed by atoms with Gasteiger partial charge in [0.05, 0.1) is 12.0 Å². The van der Waals surface area contributed by atoms with Crippen molar-refractivity contribution < 1.29 is 22.7 Å². The average molecular weight is 630 g/mol. The van der Waals surface area contributed by atoms with Crippen molar-refractivity contribution in [3.63, 3.8) is 0 Å². The number of hydrogen-bond acceptors (Lipinski definition) is 5. The number of rotatable bonds is 15. The summed E-state index contributed by atoms with van der Waals surface area (Å²) in [7, 11) is -1.94. The van der Waals surface area contributed by atoms with Crippen LogP contribution in [0.4, 0.5) is 0 Å². The normalized spacial score (nSPS) is 15.5. The first kappa shape index (κ1) is 32.4. The lowest BCUT2D eigenvalue weighted by Crippen LogP contribution is -2.43. The van der Waals surface area contributed by atoms with Crippen molar-refractivity contribution in [1.82, 2.24) is 14.9 Å². The molecule has 0 heterocycles. The van der Waals surface area contributed by atoms with Crippen LogP contribution in [0, 0.1) is 0 Å². The number of amides is 2. The zero-order chi connectivity index (χ0) is 31.6. The van der Waals surface area contributed by atoms with Gasteiger partial charge in [-0.1, -0.05) is 66.2 Å². The maximum absolute atomic E-state index is 14.0. The molecule has 2 aliphatic carbocycles. The number of nitrogens with one attached hydrogen (secondary N) is 2. The second-order valence-corrected chi connectivity index (χ2v) is 13.6. The van der Waals surface area contributed by atoms with Gasteiger partial charge in [0.15, 0.2) is 0 Å². The monoisotopic (exact) mass is 629 g/mol. The number of carbonyl (C=O) groups excluding carboxylic acids is 2. The molecule has 0 saturated heterocycles. The topological polar surface area (TPSA) is 105 Å². The number of allylic oxidation sites excluding steroid dienone is 1. The Hall–Kier alpha value is -3.95. The van der Waals surface area contributed by atoms with Crippen molar-refractivity contribution in [2.45, 2.75) is 81.3 Å². The van der Waals surface area contributed by atoms with Crippen molar-refractivity contribution >= 4 is 21.8 Å². The van der Waals surface area contributed by atoms with Crippen LogP contribution in [0.3, 0.4) is 0 Å². The fourth-order valence-corrected chi connectivity index (χ4v) is 6.96. The van der Waals surface area contributed by atoms with E-state index < -0.39 is 16.1 Å². The molecule has 1 fully saturated rings. The maximum Gasteiger partial charge on any atom is 0.247 e. The molecule has 0 radical (unpaired) electrons. The first-order valence-corrected chi connectivity index (χ1v) is 17.3. The Bertz CT molecular complexity index is 1570. The van der Waals surface area contributed by atoms with Crippen molar-refractivity contribution in [2.75, 3.05) is 13.7 Å². The second-order valence-electron chi connectivity index (χ2n) is 11.9. The van der Waals surface area contributed by atoms with Crippen LogP contribution in [0.25, 0.3) is 0 Å². The largest absolute Gasteiger partial charge is 0.497 e. The number of methoxy groups -OCH3 is 1. The van der Waals surface area contributed by atoms with Crippen LogP contribution in [0.15, 0.2) is 95.4 Å². The fourth-order valence-electron chi connectivity index (χ4n) is 5.65. The van der Waals surface area contributed by atoms with Gasteiger partial charge >= 0.3 is 0 Å². The van der Waals surface area contributed by atoms with Gasteiger partial charge in [0, 0.05) is 25.6 Å². The van der Waals surface area contributed by atoms with E-state index in [-0.39, 0.29) is 35.7 Å². The molecule has 1 unspecified atom stereocenters. The number of carbonyl (C=O) groups is 2. The van der Waals surface area contributed by atoms with Gasteiger partial charge in [-0.2, -0.15) is 0 Å². The van der Waals surface area contributed by atoms with E-state index in [0.29, 0.717) is 18.7 Å². The van der Waals surface area contributed by atoms with Gasteiger partial charge in [0.1, 0.15) is 11.8 Å². The van der Waals surface area contributed by atoms with Gasteiger partial charge in [-0.25, -0.2) is 13.1 Å². The number of nitrogens with zero attached hydrogens (tertiary/aromatic N) is 1. The third kappa shape index (κ3) is 9.28. The molecule has 3 aromatic carbocycles. The smallest absolute Gasteiger partial charge is 0.247 e. The number of ether oxygens (including phenoxy) is 1. The Labute approximate surface area is 266 Å². The van der Waals surface area contributed by atoms with Gasteiger partial charge in [-0.15, -0.1) is 0 Å². The van der Waals surface area contributed by atoms with E-state index in [9.17, 15) is 18.0 Å².